The Kier molecular flexibility index (Phi) is 4.40. The van der Waals surface area contributed by atoms with Crippen LogP contribution in [-0.4, -0.2) is 5.11 Å². The molecule has 20 heavy (non-hydrogen) atoms. The van der Waals surface area contributed by atoms with Crippen LogP contribution in [0.5, 0.6) is 11.5 Å². The minimum atomic E-state index is -0.783. The van der Waals surface area contributed by atoms with Crippen LogP contribution in [0.15, 0.2) is 36.4 Å². The lowest BCUT2D eigenvalue weighted by molar-refractivity contribution is 0.195. The summed E-state index contributed by atoms with van der Waals surface area (Å²) in [5, 5.41) is 9.75. The Morgan fingerprint density at radius 2 is 2.00 bits per heavy atom. The Morgan fingerprint density at radius 1 is 1.25 bits per heavy atom. The smallest absolute Gasteiger partial charge is 0.133 e. The number of hydrogen-bond acceptors (Lipinski definition) is 2. The number of aliphatic hydroxyl groups is 1. The first-order valence-corrected chi connectivity index (χ1v) is 6.76. The molecular weight excluding hydrogens is 255 g/mol. The maximum Gasteiger partial charge on any atom is 0.133 e. The van der Waals surface area contributed by atoms with Crippen LogP contribution in [0.1, 0.15) is 36.6 Å². The molecule has 1 N–H and O–H groups in total. The van der Waals surface area contributed by atoms with Crippen LogP contribution in [0.3, 0.4) is 0 Å². The van der Waals surface area contributed by atoms with Crippen LogP contribution >= 0.6 is 0 Å². The highest BCUT2D eigenvalue weighted by Crippen LogP contribution is 2.32. The number of ether oxygens (including phenoxy) is 1. The Labute approximate surface area is 118 Å². The fraction of sp³-hybridized carbons (Fsp3) is 0.294. The van der Waals surface area contributed by atoms with Crippen molar-refractivity contribution in [3.63, 3.8) is 0 Å². The molecule has 2 aromatic carbocycles. The van der Waals surface area contributed by atoms with Gasteiger partial charge in [0.1, 0.15) is 17.3 Å². The standard InChI is InChI=1S/C17H19FO2/c1-4-13-6-5-7-14(9-13)20-17-8-11(2)16(18)10-15(17)12(3)19/h5-10,12,19H,4H2,1-3H3. The number of rotatable bonds is 4. The number of benzene rings is 2. The first-order chi connectivity index (χ1) is 9.51. The van der Waals surface area contributed by atoms with Gasteiger partial charge in [-0.15, -0.1) is 0 Å². The van der Waals surface area contributed by atoms with Gasteiger partial charge >= 0.3 is 0 Å². The lowest BCUT2D eigenvalue weighted by atomic mass is 10.1. The second-order valence-corrected chi connectivity index (χ2v) is 4.92. The zero-order valence-electron chi connectivity index (χ0n) is 12.0. The number of aryl methyl sites for hydroxylation is 2. The normalized spacial score (nSPS) is 12.2. The second-order valence-electron chi connectivity index (χ2n) is 4.92. The van der Waals surface area contributed by atoms with Crippen molar-refractivity contribution in [2.45, 2.75) is 33.3 Å². The third kappa shape index (κ3) is 3.17. The molecule has 0 amide bonds. The SMILES string of the molecule is CCc1cccc(Oc2cc(C)c(F)cc2C(C)O)c1. The van der Waals surface area contributed by atoms with Crippen LogP contribution in [0.4, 0.5) is 4.39 Å². The predicted octanol–water partition coefficient (Wildman–Crippen LogP) is 4.54. The average Bonchev–Trinajstić information content (AvgIpc) is 2.42. The Hall–Kier alpha value is -1.87. The maximum atomic E-state index is 13.6. The van der Waals surface area contributed by atoms with Gasteiger partial charge in [-0.2, -0.15) is 0 Å². The van der Waals surface area contributed by atoms with Crippen molar-refractivity contribution in [1.29, 1.82) is 0 Å². The van der Waals surface area contributed by atoms with E-state index >= 15 is 0 Å². The van der Waals surface area contributed by atoms with E-state index in [1.54, 1.807) is 19.9 Å². The predicted molar refractivity (Wildman–Crippen MR) is 77.7 cm³/mol. The highest BCUT2D eigenvalue weighted by Gasteiger charge is 2.13. The molecule has 0 aromatic heterocycles. The van der Waals surface area contributed by atoms with Crippen LogP contribution in [-0.2, 0) is 6.42 Å². The van der Waals surface area contributed by atoms with Gasteiger partial charge in [0.05, 0.1) is 6.10 Å². The van der Waals surface area contributed by atoms with Gasteiger partial charge in [0.25, 0.3) is 0 Å². The van der Waals surface area contributed by atoms with E-state index in [1.165, 1.54) is 11.6 Å². The van der Waals surface area contributed by atoms with E-state index in [4.69, 9.17) is 4.74 Å². The summed E-state index contributed by atoms with van der Waals surface area (Å²) >= 11 is 0. The van der Waals surface area contributed by atoms with Gasteiger partial charge in [0.15, 0.2) is 0 Å². The van der Waals surface area contributed by atoms with Crippen molar-refractivity contribution >= 4 is 0 Å². The quantitative estimate of drug-likeness (QED) is 0.886. The van der Waals surface area contributed by atoms with Crippen molar-refractivity contribution in [3.8, 4) is 11.5 Å². The van der Waals surface area contributed by atoms with Gasteiger partial charge < -0.3 is 9.84 Å². The summed E-state index contributed by atoms with van der Waals surface area (Å²) in [6.07, 6.45) is 0.137. The monoisotopic (exact) mass is 274 g/mol. The molecule has 0 saturated heterocycles. The van der Waals surface area contributed by atoms with E-state index in [0.29, 0.717) is 22.6 Å². The molecule has 1 atom stereocenters. The average molecular weight is 274 g/mol. The molecule has 106 valence electrons. The first-order valence-electron chi connectivity index (χ1n) is 6.76. The molecule has 3 heteroatoms. The summed E-state index contributed by atoms with van der Waals surface area (Å²) in [6, 6.07) is 10.7. The third-order valence-corrected chi connectivity index (χ3v) is 3.28. The van der Waals surface area contributed by atoms with Crippen LogP contribution in [0.25, 0.3) is 0 Å². The summed E-state index contributed by atoms with van der Waals surface area (Å²) in [5.41, 5.74) is 2.12. The molecule has 0 spiro atoms. The molecular formula is C17H19FO2. The molecule has 2 rings (SSSR count). The summed E-state index contributed by atoms with van der Waals surface area (Å²) in [5.74, 6) is 0.847. The highest BCUT2D eigenvalue weighted by molar-refractivity contribution is 5.43. The van der Waals surface area contributed by atoms with Crippen LogP contribution in [0, 0.1) is 12.7 Å². The van der Waals surface area contributed by atoms with E-state index in [0.717, 1.165) is 6.42 Å². The van der Waals surface area contributed by atoms with E-state index in [-0.39, 0.29) is 5.82 Å². The van der Waals surface area contributed by atoms with Gasteiger partial charge in [-0.3, -0.25) is 0 Å². The highest BCUT2D eigenvalue weighted by atomic mass is 19.1. The molecule has 0 saturated carbocycles. The Balaban J connectivity index is 2.39. The number of aliphatic hydroxyl groups excluding tert-OH is 1. The molecule has 2 nitrogen and oxygen atoms in total. The summed E-state index contributed by atoms with van der Waals surface area (Å²) < 4.78 is 19.4. The van der Waals surface area contributed by atoms with Crippen LogP contribution in [0.2, 0.25) is 0 Å². The lowest BCUT2D eigenvalue weighted by Gasteiger charge is -2.15. The zero-order valence-corrected chi connectivity index (χ0v) is 12.0. The molecule has 0 aliphatic carbocycles. The lowest BCUT2D eigenvalue weighted by Crippen LogP contribution is -1.99. The van der Waals surface area contributed by atoms with Crippen LogP contribution < -0.4 is 4.74 Å². The summed E-state index contributed by atoms with van der Waals surface area (Å²) in [7, 11) is 0. The Morgan fingerprint density at radius 3 is 2.65 bits per heavy atom. The first kappa shape index (κ1) is 14.5. The fourth-order valence-corrected chi connectivity index (χ4v) is 2.04. The number of hydrogen-bond donors (Lipinski definition) is 1. The maximum absolute atomic E-state index is 13.6. The molecule has 2 aromatic rings. The topological polar surface area (TPSA) is 29.5 Å². The molecule has 0 radical (unpaired) electrons. The molecule has 0 fully saturated rings. The third-order valence-electron chi connectivity index (χ3n) is 3.28. The van der Waals surface area contributed by atoms with Crippen molar-refractivity contribution in [1.82, 2.24) is 0 Å². The van der Waals surface area contributed by atoms with E-state index in [9.17, 15) is 9.50 Å². The molecule has 1 unspecified atom stereocenters. The van der Waals surface area contributed by atoms with Gasteiger partial charge in [0.2, 0.25) is 0 Å². The largest absolute Gasteiger partial charge is 0.457 e. The van der Waals surface area contributed by atoms with Crippen molar-refractivity contribution in [3.05, 3.63) is 58.9 Å². The summed E-state index contributed by atoms with van der Waals surface area (Å²) in [4.78, 5) is 0. The summed E-state index contributed by atoms with van der Waals surface area (Å²) in [6.45, 7) is 5.35. The Bertz CT molecular complexity index is 606. The van der Waals surface area contributed by atoms with Gasteiger partial charge in [-0.25, -0.2) is 4.39 Å². The van der Waals surface area contributed by atoms with Crippen molar-refractivity contribution in [2.24, 2.45) is 0 Å². The molecule has 0 aliphatic rings. The van der Waals surface area contributed by atoms with Gasteiger partial charge in [0, 0.05) is 5.56 Å². The minimum absolute atomic E-state index is 0.337. The minimum Gasteiger partial charge on any atom is -0.457 e. The van der Waals surface area contributed by atoms with Gasteiger partial charge in [-0.1, -0.05) is 19.1 Å². The second kappa shape index (κ2) is 6.06. The zero-order chi connectivity index (χ0) is 14.7. The van der Waals surface area contributed by atoms with E-state index < -0.39 is 6.10 Å². The number of halogens is 1. The van der Waals surface area contributed by atoms with E-state index in [1.807, 2.05) is 24.3 Å². The molecule has 0 aliphatic heterocycles. The van der Waals surface area contributed by atoms with Gasteiger partial charge in [-0.05, 0) is 55.7 Å². The van der Waals surface area contributed by atoms with Crippen molar-refractivity contribution < 1.29 is 14.2 Å². The van der Waals surface area contributed by atoms with Crippen molar-refractivity contribution in [2.75, 3.05) is 0 Å². The fourth-order valence-electron chi connectivity index (χ4n) is 2.04. The molecule has 0 heterocycles. The molecule has 0 bridgehead atoms. The van der Waals surface area contributed by atoms with E-state index in [2.05, 4.69) is 6.92 Å².